The van der Waals surface area contributed by atoms with E-state index in [0.717, 1.165) is 5.82 Å². The third kappa shape index (κ3) is 3.16. The van der Waals surface area contributed by atoms with Gasteiger partial charge in [0, 0.05) is 12.4 Å². The lowest BCUT2D eigenvalue weighted by Gasteiger charge is -2.15. The molecule has 0 aromatic carbocycles. The van der Waals surface area contributed by atoms with Crippen LogP contribution >= 0.6 is 0 Å². The quantitative estimate of drug-likeness (QED) is 0.718. The van der Waals surface area contributed by atoms with Crippen molar-refractivity contribution in [3.63, 3.8) is 0 Å². The molecule has 1 aromatic heterocycles. The van der Waals surface area contributed by atoms with Crippen LogP contribution in [0.2, 0.25) is 0 Å². The summed E-state index contributed by atoms with van der Waals surface area (Å²) in [6, 6.07) is 0.150. The number of imidazole rings is 1. The fourth-order valence-electron chi connectivity index (χ4n) is 1.06. The van der Waals surface area contributed by atoms with Crippen LogP contribution in [0, 0.1) is 0 Å². The second-order valence-electron chi connectivity index (χ2n) is 3.20. The van der Waals surface area contributed by atoms with E-state index in [1.165, 1.54) is 0 Å². The Kier molecular flexibility index (Phi) is 3.92. The molecular weight excluding hydrogens is 166 g/mol. The smallest absolute Gasteiger partial charge is 0.125 e. The average molecular weight is 183 g/mol. The molecule has 0 spiro atoms. The van der Waals surface area contributed by atoms with Crippen molar-refractivity contribution in [3.8, 4) is 0 Å². The number of rotatable bonds is 5. The van der Waals surface area contributed by atoms with Crippen molar-refractivity contribution in [3.05, 3.63) is 18.2 Å². The highest BCUT2D eigenvalue weighted by Crippen LogP contribution is 2.07. The van der Waals surface area contributed by atoms with Gasteiger partial charge in [0.25, 0.3) is 0 Å². The zero-order valence-electron chi connectivity index (χ0n) is 8.37. The van der Waals surface area contributed by atoms with Crippen molar-refractivity contribution in [2.75, 3.05) is 13.7 Å². The summed E-state index contributed by atoms with van der Waals surface area (Å²) in [5, 5.41) is 3.14. The van der Waals surface area contributed by atoms with Crippen LogP contribution in [0.1, 0.15) is 25.7 Å². The predicted molar refractivity (Wildman–Crippen MR) is 51.5 cm³/mol. The summed E-state index contributed by atoms with van der Waals surface area (Å²) in [4.78, 5) is 7.23. The fourth-order valence-corrected chi connectivity index (χ4v) is 1.06. The zero-order chi connectivity index (χ0) is 9.68. The Balaban J connectivity index is 2.44. The normalized spacial score (nSPS) is 13.5. The largest absolute Gasteiger partial charge is 0.377 e. The summed E-state index contributed by atoms with van der Waals surface area (Å²) in [5.41, 5.74) is 0. The van der Waals surface area contributed by atoms with Crippen molar-refractivity contribution in [2.24, 2.45) is 0 Å². The summed E-state index contributed by atoms with van der Waals surface area (Å²) < 4.78 is 5.50. The maximum Gasteiger partial charge on any atom is 0.125 e. The van der Waals surface area contributed by atoms with Gasteiger partial charge in [-0.05, 0) is 20.9 Å². The highest BCUT2D eigenvalue weighted by molar-refractivity contribution is 4.94. The van der Waals surface area contributed by atoms with E-state index in [1.54, 1.807) is 6.20 Å². The van der Waals surface area contributed by atoms with Gasteiger partial charge < -0.3 is 15.0 Å². The van der Waals surface area contributed by atoms with Crippen molar-refractivity contribution < 1.29 is 4.74 Å². The number of nitrogens with one attached hydrogen (secondary N) is 2. The second kappa shape index (κ2) is 4.99. The predicted octanol–water partition coefficient (Wildman–Crippen LogP) is 1.10. The summed E-state index contributed by atoms with van der Waals surface area (Å²) in [7, 11) is 1.90. The summed E-state index contributed by atoms with van der Waals surface area (Å²) in [5.74, 6) is 0.920. The van der Waals surface area contributed by atoms with E-state index in [9.17, 15) is 0 Å². The molecule has 0 aliphatic heterocycles. The van der Waals surface area contributed by atoms with Gasteiger partial charge in [-0.2, -0.15) is 0 Å². The number of H-pyrrole nitrogens is 1. The Morgan fingerprint density at radius 3 is 2.85 bits per heavy atom. The molecule has 0 saturated heterocycles. The van der Waals surface area contributed by atoms with Gasteiger partial charge >= 0.3 is 0 Å². The molecule has 0 saturated carbocycles. The van der Waals surface area contributed by atoms with Gasteiger partial charge in [-0.25, -0.2) is 4.98 Å². The summed E-state index contributed by atoms with van der Waals surface area (Å²) >= 11 is 0. The van der Waals surface area contributed by atoms with Crippen LogP contribution in [0.4, 0.5) is 0 Å². The number of ether oxygens (including phenoxy) is 1. The Morgan fingerprint density at radius 1 is 1.62 bits per heavy atom. The topological polar surface area (TPSA) is 49.9 Å². The monoisotopic (exact) mass is 183 g/mol. The number of aromatic amines is 1. The Bertz CT molecular complexity index is 221. The van der Waals surface area contributed by atoms with Gasteiger partial charge in [0.15, 0.2) is 0 Å². The minimum atomic E-state index is 0.150. The number of hydrogen-bond acceptors (Lipinski definition) is 3. The van der Waals surface area contributed by atoms with Crippen LogP contribution in [0.5, 0.6) is 0 Å². The van der Waals surface area contributed by atoms with E-state index < -0.39 is 0 Å². The van der Waals surface area contributed by atoms with Crippen LogP contribution in [-0.2, 0) is 4.74 Å². The summed E-state index contributed by atoms with van der Waals surface area (Å²) in [6.07, 6.45) is 3.81. The molecule has 4 heteroatoms. The maximum absolute atomic E-state index is 5.50. The van der Waals surface area contributed by atoms with Gasteiger partial charge in [-0.15, -0.1) is 0 Å². The SMILES string of the molecule is CNC(COC(C)C)c1ncc[nH]1. The van der Waals surface area contributed by atoms with E-state index in [-0.39, 0.29) is 12.1 Å². The molecule has 4 nitrogen and oxygen atoms in total. The van der Waals surface area contributed by atoms with E-state index >= 15 is 0 Å². The molecule has 0 amide bonds. The first-order chi connectivity index (χ1) is 6.24. The first-order valence-corrected chi connectivity index (χ1v) is 4.52. The molecule has 0 bridgehead atoms. The van der Waals surface area contributed by atoms with Crippen molar-refractivity contribution in [1.82, 2.24) is 15.3 Å². The zero-order valence-corrected chi connectivity index (χ0v) is 8.37. The number of nitrogens with zero attached hydrogens (tertiary/aromatic N) is 1. The third-order valence-corrected chi connectivity index (χ3v) is 1.79. The van der Waals surface area contributed by atoms with E-state index in [1.807, 2.05) is 27.1 Å². The molecule has 1 atom stereocenters. The molecular formula is C9H17N3O. The third-order valence-electron chi connectivity index (χ3n) is 1.79. The van der Waals surface area contributed by atoms with Gasteiger partial charge in [0.05, 0.1) is 18.8 Å². The van der Waals surface area contributed by atoms with E-state index in [4.69, 9.17) is 4.74 Å². The fraction of sp³-hybridized carbons (Fsp3) is 0.667. The van der Waals surface area contributed by atoms with Crippen molar-refractivity contribution in [1.29, 1.82) is 0 Å². The van der Waals surface area contributed by atoms with Crippen molar-refractivity contribution >= 4 is 0 Å². The van der Waals surface area contributed by atoms with Gasteiger partial charge in [-0.3, -0.25) is 0 Å². The van der Waals surface area contributed by atoms with Crippen molar-refractivity contribution in [2.45, 2.75) is 26.0 Å². The minimum Gasteiger partial charge on any atom is -0.377 e. The molecule has 0 radical (unpaired) electrons. The molecule has 0 aliphatic carbocycles. The minimum absolute atomic E-state index is 0.150. The van der Waals surface area contributed by atoms with Crippen LogP contribution < -0.4 is 5.32 Å². The first kappa shape index (κ1) is 10.2. The van der Waals surface area contributed by atoms with Crippen LogP contribution in [0.25, 0.3) is 0 Å². The standard InChI is InChI=1S/C9H17N3O/c1-7(2)13-6-8(10-3)9-11-4-5-12-9/h4-5,7-8,10H,6H2,1-3H3,(H,11,12). The lowest BCUT2D eigenvalue weighted by Crippen LogP contribution is -2.24. The van der Waals surface area contributed by atoms with Crippen LogP contribution in [-0.4, -0.2) is 29.7 Å². The molecule has 0 aliphatic rings. The van der Waals surface area contributed by atoms with Gasteiger partial charge in [0.2, 0.25) is 0 Å². The molecule has 1 heterocycles. The maximum atomic E-state index is 5.50. The first-order valence-electron chi connectivity index (χ1n) is 4.52. The van der Waals surface area contributed by atoms with E-state index in [2.05, 4.69) is 15.3 Å². The Hall–Kier alpha value is -0.870. The van der Waals surface area contributed by atoms with E-state index in [0.29, 0.717) is 6.61 Å². The Morgan fingerprint density at radius 2 is 2.38 bits per heavy atom. The lowest BCUT2D eigenvalue weighted by atomic mass is 10.3. The van der Waals surface area contributed by atoms with Crippen LogP contribution in [0.15, 0.2) is 12.4 Å². The number of aromatic nitrogens is 2. The van der Waals surface area contributed by atoms with Gasteiger partial charge in [0.1, 0.15) is 5.82 Å². The molecule has 1 unspecified atom stereocenters. The lowest BCUT2D eigenvalue weighted by molar-refractivity contribution is 0.0611. The average Bonchev–Trinajstić information content (AvgIpc) is 2.58. The molecule has 0 fully saturated rings. The highest BCUT2D eigenvalue weighted by atomic mass is 16.5. The Labute approximate surface area is 78.7 Å². The molecule has 1 rings (SSSR count). The number of hydrogen-bond donors (Lipinski definition) is 2. The van der Waals surface area contributed by atoms with Gasteiger partial charge in [-0.1, -0.05) is 0 Å². The second-order valence-corrected chi connectivity index (χ2v) is 3.20. The molecule has 1 aromatic rings. The summed E-state index contributed by atoms with van der Waals surface area (Å²) in [6.45, 7) is 4.69. The highest BCUT2D eigenvalue weighted by Gasteiger charge is 2.11. The molecule has 13 heavy (non-hydrogen) atoms. The molecule has 74 valence electrons. The molecule has 2 N–H and O–H groups in total. The number of likely N-dealkylation sites (N-methyl/N-ethyl adjacent to an activating group) is 1. The van der Waals surface area contributed by atoms with Crippen LogP contribution in [0.3, 0.4) is 0 Å².